The molecule has 2 aromatic rings. The van der Waals surface area contributed by atoms with Gasteiger partial charge in [-0.2, -0.15) is 0 Å². The number of likely N-dealkylation sites (tertiary alicyclic amines) is 1. The molecule has 2 nitrogen and oxygen atoms in total. The summed E-state index contributed by atoms with van der Waals surface area (Å²) in [4.78, 5) is 2.57. The average Bonchev–Trinajstić information content (AvgIpc) is 2.93. The van der Waals surface area contributed by atoms with Crippen LogP contribution in [-0.2, 0) is 11.3 Å². The van der Waals surface area contributed by atoms with Crippen molar-refractivity contribution < 1.29 is 4.74 Å². The van der Waals surface area contributed by atoms with Crippen molar-refractivity contribution in [3.8, 4) is 11.1 Å². The number of benzene rings is 2. The first-order chi connectivity index (χ1) is 10.3. The summed E-state index contributed by atoms with van der Waals surface area (Å²) in [6.45, 7) is 5.42. The van der Waals surface area contributed by atoms with Crippen LogP contribution in [-0.4, -0.2) is 31.2 Å². The van der Waals surface area contributed by atoms with E-state index >= 15 is 0 Å². The van der Waals surface area contributed by atoms with Crippen LogP contribution in [0.15, 0.2) is 54.6 Å². The summed E-state index contributed by atoms with van der Waals surface area (Å²) in [5.41, 5.74) is 4.48. The third kappa shape index (κ3) is 2.61. The molecule has 0 radical (unpaired) electrons. The molecule has 2 aliphatic rings. The van der Waals surface area contributed by atoms with E-state index in [-0.39, 0.29) is 0 Å². The van der Waals surface area contributed by atoms with Crippen LogP contribution in [0.1, 0.15) is 12.0 Å². The highest BCUT2D eigenvalue weighted by Gasteiger charge is 2.44. The summed E-state index contributed by atoms with van der Waals surface area (Å²) >= 11 is 0. The van der Waals surface area contributed by atoms with Gasteiger partial charge in [0.05, 0.1) is 13.2 Å². The highest BCUT2D eigenvalue weighted by atomic mass is 16.5. The van der Waals surface area contributed by atoms with Crippen LogP contribution in [0.3, 0.4) is 0 Å². The lowest BCUT2D eigenvalue weighted by atomic mass is 9.85. The molecule has 0 aromatic heterocycles. The lowest BCUT2D eigenvalue weighted by Gasteiger charge is -2.37. The van der Waals surface area contributed by atoms with Gasteiger partial charge >= 0.3 is 0 Å². The highest BCUT2D eigenvalue weighted by molar-refractivity contribution is 5.63. The Morgan fingerprint density at radius 3 is 2.24 bits per heavy atom. The van der Waals surface area contributed by atoms with Gasteiger partial charge in [-0.3, -0.25) is 4.90 Å². The summed E-state index contributed by atoms with van der Waals surface area (Å²) in [6.07, 6.45) is 1.30. The van der Waals surface area contributed by atoms with Gasteiger partial charge in [0.25, 0.3) is 0 Å². The molecule has 2 aliphatic heterocycles. The molecular weight excluding hydrogens is 258 g/mol. The molecule has 0 aliphatic carbocycles. The molecule has 0 bridgehead atoms. The highest BCUT2D eigenvalue weighted by Crippen LogP contribution is 2.37. The van der Waals surface area contributed by atoms with Crippen molar-refractivity contribution in [2.75, 3.05) is 26.3 Å². The van der Waals surface area contributed by atoms with E-state index in [1.807, 2.05) is 0 Å². The Morgan fingerprint density at radius 1 is 0.905 bits per heavy atom. The molecule has 2 heteroatoms. The molecule has 108 valence electrons. The van der Waals surface area contributed by atoms with Gasteiger partial charge in [-0.05, 0) is 29.7 Å². The van der Waals surface area contributed by atoms with Gasteiger partial charge in [0.15, 0.2) is 0 Å². The topological polar surface area (TPSA) is 12.5 Å². The van der Waals surface area contributed by atoms with Gasteiger partial charge in [-0.15, -0.1) is 0 Å². The summed E-state index contributed by atoms with van der Waals surface area (Å²) in [6, 6.07) is 19.6. The molecule has 0 saturated carbocycles. The minimum Gasteiger partial charge on any atom is -0.380 e. The fourth-order valence-electron chi connectivity index (χ4n) is 3.48. The van der Waals surface area contributed by atoms with E-state index in [0.717, 1.165) is 19.8 Å². The second kappa shape index (κ2) is 5.28. The second-order valence-electron chi connectivity index (χ2n) is 6.52. The maximum Gasteiger partial charge on any atom is 0.0557 e. The summed E-state index contributed by atoms with van der Waals surface area (Å²) in [5, 5.41) is 0. The quantitative estimate of drug-likeness (QED) is 0.851. The van der Waals surface area contributed by atoms with Gasteiger partial charge in [-0.1, -0.05) is 54.6 Å². The number of nitrogens with zero attached hydrogens (tertiary/aromatic N) is 1. The smallest absolute Gasteiger partial charge is 0.0557 e. The van der Waals surface area contributed by atoms with Gasteiger partial charge in [0.2, 0.25) is 0 Å². The monoisotopic (exact) mass is 279 g/mol. The minimum atomic E-state index is 0.490. The second-order valence-corrected chi connectivity index (χ2v) is 6.52. The first-order valence-corrected chi connectivity index (χ1v) is 7.78. The van der Waals surface area contributed by atoms with Crippen molar-refractivity contribution in [3.05, 3.63) is 60.2 Å². The average molecular weight is 279 g/mol. The number of rotatable bonds is 3. The first-order valence-electron chi connectivity index (χ1n) is 7.78. The lowest BCUT2D eigenvalue weighted by molar-refractivity contribution is -0.105. The van der Waals surface area contributed by atoms with Gasteiger partial charge in [-0.25, -0.2) is 0 Å². The maximum absolute atomic E-state index is 5.40. The SMILES string of the molecule is c1ccc(-c2ccc(CN3CCC4(COC4)C3)cc2)cc1. The maximum atomic E-state index is 5.40. The molecule has 2 saturated heterocycles. The van der Waals surface area contributed by atoms with Crippen LogP contribution < -0.4 is 0 Å². The Bertz CT molecular complexity index is 601. The van der Waals surface area contributed by atoms with Crippen molar-refractivity contribution in [2.45, 2.75) is 13.0 Å². The predicted molar refractivity (Wildman–Crippen MR) is 85.0 cm³/mol. The van der Waals surface area contributed by atoms with Crippen molar-refractivity contribution >= 4 is 0 Å². The third-order valence-corrected chi connectivity index (χ3v) is 4.80. The van der Waals surface area contributed by atoms with Crippen molar-refractivity contribution in [3.63, 3.8) is 0 Å². The van der Waals surface area contributed by atoms with Crippen LogP contribution in [0.5, 0.6) is 0 Å². The first kappa shape index (κ1) is 13.1. The Morgan fingerprint density at radius 2 is 1.62 bits per heavy atom. The number of ether oxygens (including phenoxy) is 1. The van der Waals surface area contributed by atoms with E-state index in [4.69, 9.17) is 4.74 Å². The predicted octanol–water partition coefficient (Wildman–Crippen LogP) is 3.58. The molecule has 2 heterocycles. The Kier molecular flexibility index (Phi) is 3.28. The zero-order chi connectivity index (χ0) is 14.1. The molecule has 0 unspecified atom stereocenters. The molecule has 0 amide bonds. The zero-order valence-electron chi connectivity index (χ0n) is 12.3. The third-order valence-electron chi connectivity index (χ3n) is 4.80. The minimum absolute atomic E-state index is 0.490. The summed E-state index contributed by atoms with van der Waals surface area (Å²) in [7, 11) is 0. The Hall–Kier alpha value is -1.64. The molecule has 1 spiro atoms. The molecule has 2 aromatic carbocycles. The van der Waals surface area contributed by atoms with E-state index in [1.165, 1.54) is 36.2 Å². The standard InChI is InChI=1S/C19H21NO/c1-2-4-17(5-3-1)18-8-6-16(7-9-18)12-20-11-10-19(13-20)14-21-15-19/h1-9H,10-15H2. The number of hydrogen-bond donors (Lipinski definition) is 0. The fourth-order valence-corrected chi connectivity index (χ4v) is 3.48. The summed E-state index contributed by atoms with van der Waals surface area (Å²) < 4.78 is 5.40. The Balaban J connectivity index is 1.43. The molecule has 0 atom stereocenters. The van der Waals surface area contributed by atoms with E-state index in [0.29, 0.717) is 5.41 Å². The van der Waals surface area contributed by atoms with Crippen molar-refractivity contribution in [1.29, 1.82) is 0 Å². The van der Waals surface area contributed by atoms with Crippen LogP contribution in [0.2, 0.25) is 0 Å². The molecule has 2 fully saturated rings. The van der Waals surface area contributed by atoms with Crippen LogP contribution >= 0.6 is 0 Å². The summed E-state index contributed by atoms with van der Waals surface area (Å²) in [5.74, 6) is 0. The van der Waals surface area contributed by atoms with E-state index in [1.54, 1.807) is 0 Å². The molecular formula is C19H21NO. The molecule has 21 heavy (non-hydrogen) atoms. The van der Waals surface area contributed by atoms with Gasteiger partial charge < -0.3 is 4.74 Å². The van der Waals surface area contributed by atoms with Gasteiger partial charge in [0.1, 0.15) is 0 Å². The van der Waals surface area contributed by atoms with Crippen molar-refractivity contribution in [1.82, 2.24) is 4.90 Å². The fraction of sp³-hybridized carbons (Fsp3) is 0.368. The van der Waals surface area contributed by atoms with E-state index in [9.17, 15) is 0 Å². The normalized spacial score (nSPS) is 20.6. The van der Waals surface area contributed by atoms with E-state index in [2.05, 4.69) is 59.5 Å². The largest absolute Gasteiger partial charge is 0.380 e. The van der Waals surface area contributed by atoms with Crippen molar-refractivity contribution in [2.24, 2.45) is 5.41 Å². The molecule has 0 N–H and O–H groups in total. The molecule has 4 rings (SSSR count). The van der Waals surface area contributed by atoms with E-state index < -0.39 is 0 Å². The zero-order valence-corrected chi connectivity index (χ0v) is 12.3. The van der Waals surface area contributed by atoms with Crippen LogP contribution in [0, 0.1) is 5.41 Å². The Labute approximate surface area is 126 Å². The van der Waals surface area contributed by atoms with Crippen LogP contribution in [0.4, 0.5) is 0 Å². The lowest BCUT2D eigenvalue weighted by Crippen LogP contribution is -2.44. The van der Waals surface area contributed by atoms with Crippen LogP contribution in [0.25, 0.3) is 11.1 Å². The number of hydrogen-bond acceptors (Lipinski definition) is 2. The van der Waals surface area contributed by atoms with Gasteiger partial charge in [0, 0.05) is 18.5 Å².